The number of rotatable bonds is 5. The van der Waals surface area contributed by atoms with Gasteiger partial charge in [-0.3, -0.25) is 0 Å². The van der Waals surface area contributed by atoms with Crippen LogP contribution in [-0.2, 0) is 11.2 Å². The lowest BCUT2D eigenvalue weighted by Crippen LogP contribution is -2.21. The molecule has 0 spiro atoms. The van der Waals surface area contributed by atoms with Crippen LogP contribution >= 0.6 is 0 Å². The van der Waals surface area contributed by atoms with Crippen molar-refractivity contribution in [3.05, 3.63) is 48.2 Å². The smallest absolute Gasteiger partial charge is 0.0927 e. The molecule has 0 heterocycles. The van der Waals surface area contributed by atoms with Crippen LogP contribution in [0.4, 0.5) is 0 Å². The third-order valence-electron chi connectivity index (χ3n) is 2.36. The van der Waals surface area contributed by atoms with Gasteiger partial charge in [0, 0.05) is 5.41 Å². The van der Waals surface area contributed by atoms with Crippen molar-refractivity contribution < 1.29 is 4.74 Å². The summed E-state index contributed by atoms with van der Waals surface area (Å²) >= 11 is 0. The molecule has 1 rings (SSSR count). The highest BCUT2D eigenvalue weighted by Gasteiger charge is 2.18. The predicted octanol–water partition coefficient (Wildman–Crippen LogP) is 3.72. The van der Waals surface area contributed by atoms with Crippen molar-refractivity contribution in [1.82, 2.24) is 0 Å². The van der Waals surface area contributed by atoms with Gasteiger partial charge in [0.1, 0.15) is 0 Å². The van der Waals surface area contributed by atoms with Crippen molar-refractivity contribution in [3.8, 4) is 0 Å². The second-order valence-electron chi connectivity index (χ2n) is 4.81. The summed E-state index contributed by atoms with van der Waals surface area (Å²) in [7, 11) is 0. The fraction of sp³-hybridized carbons (Fsp3) is 0.429. The van der Waals surface area contributed by atoms with Gasteiger partial charge in [0.15, 0.2) is 0 Å². The highest BCUT2D eigenvalue weighted by atomic mass is 16.5. The first-order chi connectivity index (χ1) is 7.03. The molecular formula is C14H20O. The molecule has 0 aliphatic heterocycles. The Balaban J connectivity index is 2.63. The molecule has 0 aliphatic carbocycles. The summed E-state index contributed by atoms with van der Waals surface area (Å²) in [6.45, 7) is 10.8. The largest absolute Gasteiger partial charge is 0.501 e. The van der Waals surface area contributed by atoms with Crippen molar-refractivity contribution in [3.63, 3.8) is 0 Å². The second-order valence-corrected chi connectivity index (χ2v) is 4.81. The van der Waals surface area contributed by atoms with E-state index in [2.05, 4.69) is 51.6 Å². The number of aryl methyl sites for hydroxylation is 1. The molecule has 1 nitrogen and oxygen atoms in total. The van der Waals surface area contributed by atoms with E-state index in [0.29, 0.717) is 6.61 Å². The first kappa shape index (κ1) is 11.8. The van der Waals surface area contributed by atoms with Crippen molar-refractivity contribution in [2.45, 2.75) is 27.2 Å². The first-order valence-electron chi connectivity index (χ1n) is 5.31. The molecule has 82 valence electrons. The van der Waals surface area contributed by atoms with E-state index >= 15 is 0 Å². The molecule has 0 amide bonds. The minimum absolute atomic E-state index is 0.155. The van der Waals surface area contributed by atoms with Crippen molar-refractivity contribution in [1.29, 1.82) is 0 Å². The summed E-state index contributed by atoms with van der Waals surface area (Å²) in [5, 5.41) is 0. The Morgan fingerprint density at radius 3 is 2.73 bits per heavy atom. The molecule has 0 N–H and O–H groups in total. The van der Waals surface area contributed by atoms with Gasteiger partial charge in [-0.1, -0.05) is 50.3 Å². The molecule has 0 fully saturated rings. The van der Waals surface area contributed by atoms with E-state index in [1.165, 1.54) is 17.4 Å². The SMILES string of the molecule is C=COCC(C)(C)Cc1cccc(C)c1. The molecule has 0 aliphatic rings. The van der Waals surface area contributed by atoms with Gasteiger partial charge in [-0.05, 0) is 18.9 Å². The Kier molecular flexibility index (Phi) is 3.96. The molecule has 0 saturated carbocycles. The van der Waals surface area contributed by atoms with Crippen LogP contribution in [-0.4, -0.2) is 6.61 Å². The zero-order valence-corrected chi connectivity index (χ0v) is 9.92. The van der Waals surface area contributed by atoms with Crippen LogP contribution < -0.4 is 0 Å². The van der Waals surface area contributed by atoms with E-state index in [-0.39, 0.29) is 5.41 Å². The fourth-order valence-electron chi connectivity index (χ4n) is 1.71. The van der Waals surface area contributed by atoms with Crippen molar-refractivity contribution in [2.24, 2.45) is 5.41 Å². The van der Waals surface area contributed by atoms with Crippen LogP contribution in [0.5, 0.6) is 0 Å². The standard InChI is InChI=1S/C14H20O/c1-5-15-11-14(3,4)10-13-8-6-7-12(2)9-13/h5-9H,1,10-11H2,2-4H3. The van der Waals surface area contributed by atoms with E-state index < -0.39 is 0 Å². The Bertz CT molecular complexity index is 326. The van der Waals surface area contributed by atoms with Gasteiger partial charge in [-0.2, -0.15) is 0 Å². The molecule has 0 radical (unpaired) electrons. The molecule has 1 aromatic carbocycles. The minimum atomic E-state index is 0.155. The van der Waals surface area contributed by atoms with Gasteiger partial charge >= 0.3 is 0 Å². The van der Waals surface area contributed by atoms with Crippen LogP contribution in [0.1, 0.15) is 25.0 Å². The van der Waals surface area contributed by atoms with Crippen LogP contribution in [0.3, 0.4) is 0 Å². The maximum absolute atomic E-state index is 5.26. The average Bonchev–Trinajstić information content (AvgIpc) is 2.14. The first-order valence-corrected chi connectivity index (χ1v) is 5.31. The third kappa shape index (κ3) is 4.20. The Morgan fingerprint density at radius 1 is 1.40 bits per heavy atom. The van der Waals surface area contributed by atoms with Crippen LogP contribution in [0.15, 0.2) is 37.1 Å². The van der Waals surface area contributed by atoms with Gasteiger partial charge in [-0.15, -0.1) is 0 Å². The van der Waals surface area contributed by atoms with Crippen LogP contribution in [0, 0.1) is 12.3 Å². The van der Waals surface area contributed by atoms with Crippen LogP contribution in [0.2, 0.25) is 0 Å². The highest BCUT2D eigenvalue weighted by Crippen LogP contribution is 2.22. The van der Waals surface area contributed by atoms with Gasteiger partial charge in [-0.25, -0.2) is 0 Å². The van der Waals surface area contributed by atoms with E-state index in [9.17, 15) is 0 Å². The second kappa shape index (κ2) is 5.01. The monoisotopic (exact) mass is 204 g/mol. The van der Waals surface area contributed by atoms with Gasteiger partial charge in [0.25, 0.3) is 0 Å². The lowest BCUT2D eigenvalue weighted by molar-refractivity contribution is 0.138. The van der Waals surface area contributed by atoms with Crippen LogP contribution in [0.25, 0.3) is 0 Å². The number of ether oxygens (including phenoxy) is 1. The molecular weight excluding hydrogens is 184 g/mol. The molecule has 0 atom stereocenters. The number of hydrogen-bond donors (Lipinski definition) is 0. The van der Waals surface area contributed by atoms with E-state index in [0.717, 1.165) is 6.42 Å². The zero-order valence-electron chi connectivity index (χ0n) is 9.92. The van der Waals surface area contributed by atoms with Gasteiger partial charge < -0.3 is 4.74 Å². The summed E-state index contributed by atoms with van der Waals surface area (Å²) in [6.07, 6.45) is 2.54. The summed E-state index contributed by atoms with van der Waals surface area (Å²) in [5.41, 5.74) is 2.84. The van der Waals surface area contributed by atoms with E-state index in [4.69, 9.17) is 4.74 Å². The zero-order chi connectivity index (χ0) is 11.3. The summed E-state index contributed by atoms with van der Waals surface area (Å²) < 4.78 is 5.26. The molecule has 0 bridgehead atoms. The van der Waals surface area contributed by atoms with Gasteiger partial charge in [0.05, 0.1) is 12.9 Å². The van der Waals surface area contributed by atoms with E-state index in [1.807, 2.05) is 0 Å². The van der Waals surface area contributed by atoms with Crippen molar-refractivity contribution >= 4 is 0 Å². The summed E-state index contributed by atoms with van der Waals surface area (Å²) in [5.74, 6) is 0. The lowest BCUT2D eigenvalue weighted by atomic mass is 9.86. The fourth-order valence-corrected chi connectivity index (χ4v) is 1.71. The normalized spacial score (nSPS) is 11.1. The minimum Gasteiger partial charge on any atom is -0.501 e. The number of hydrogen-bond acceptors (Lipinski definition) is 1. The maximum Gasteiger partial charge on any atom is 0.0927 e. The molecule has 15 heavy (non-hydrogen) atoms. The molecule has 0 saturated heterocycles. The quantitative estimate of drug-likeness (QED) is 0.664. The summed E-state index contributed by atoms with van der Waals surface area (Å²) in [4.78, 5) is 0. The summed E-state index contributed by atoms with van der Waals surface area (Å²) in [6, 6.07) is 8.63. The van der Waals surface area contributed by atoms with E-state index in [1.54, 1.807) is 0 Å². The Hall–Kier alpha value is -1.24. The maximum atomic E-state index is 5.26. The Labute approximate surface area is 92.8 Å². The van der Waals surface area contributed by atoms with Gasteiger partial charge in [0.2, 0.25) is 0 Å². The Morgan fingerprint density at radius 2 is 2.13 bits per heavy atom. The predicted molar refractivity (Wildman–Crippen MR) is 64.8 cm³/mol. The molecule has 1 aromatic rings. The highest BCUT2D eigenvalue weighted by molar-refractivity contribution is 5.23. The third-order valence-corrected chi connectivity index (χ3v) is 2.36. The topological polar surface area (TPSA) is 9.23 Å². The molecule has 0 unspecified atom stereocenters. The molecule has 1 heteroatoms. The average molecular weight is 204 g/mol. The molecule has 0 aromatic heterocycles. The van der Waals surface area contributed by atoms with Crippen molar-refractivity contribution in [2.75, 3.05) is 6.61 Å². The lowest BCUT2D eigenvalue weighted by Gasteiger charge is -2.23. The number of benzene rings is 1.